The van der Waals surface area contributed by atoms with E-state index in [1.54, 1.807) is 0 Å². The summed E-state index contributed by atoms with van der Waals surface area (Å²) in [5.74, 6) is 0. The minimum atomic E-state index is -2.36. The van der Waals surface area contributed by atoms with Crippen LogP contribution in [0.15, 0.2) is 120 Å². The first-order valence-corrected chi connectivity index (χ1v) is 11.2. The lowest BCUT2D eigenvalue weighted by Gasteiger charge is -2.34. The largest absolute Gasteiger partial charge is 0.179 e. The zero-order valence-corrected chi connectivity index (χ0v) is 16.3. The Balaban J connectivity index is 2.12. The molecular formula is C24H20SSi. The molecular weight excluding hydrogens is 348 g/mol. The topological polar surface area (TPSA) is 0 Å². The Morgan fingerprint density at radius 3 is 1.04 bits per heavy atom. The van der Waals surface area contributed by atoms with Crippen molar-refractivity contribution >= 4 is 41.4 Å². The fourth-order valence-electron chi connectivity index (χ4n) is 3.78. The van der Waals surface area contributed by atoms with E-state index in [0.29, 0.717) is 0 Å². The molecule has 126 valence electrons. The molecule has 0 spiro atoms. The lowest BCUT2D eigenvalue weighted by atomic mass is 10.3. The molecule has 4 aromatic carbocycles. The molecule has 0 bridgehead atoms. The number of benzene rings is 4. The van der Waals surface area contributed by atoms with Crippen molar-refractivity contribution in [2.45, 2.75) is 4.90 Å². The Hall–Kier alpha value is -2.55. The van der Waals surface area contributed by atoms with Crippen LogP contribution in [0, 0.1) is 0 Å². The molecule has 4 rings (SSSR count). The Morgan fingerprint density at radius 1 is 0.385 bits per heavy atom. The molecule has 0 N–H and O–H groups in total. The lowest BCUT2D eigenvalue weighted by molar-refractivity contribution is 1.49. The van der Waals surface area contributed by atoms with E-state index in [1.165, 1.54) is 20.7 Å². The van der Waals surface area contributed by atoms with Gasteiger partial charge < -0.3 is 0 Å². The zero-order chi connectivity index (χ0) is 17.8. The van der Waals surface area contributed by atoms with E-state index >= 15 is 0 Å². The van der Waals surface area contributed by atoms with Crippen LogP contribution in [0.1, 0.15) is 0 Å². The van der Waals surface area contributed by atoms with Crippen LogP contribution in [0.4, 0.5) is 0 Å². The highest BCUT2D eigenvalue weighted by molar-refractivity contribution is 7.80. The van der Waals surface area contributed by atoms with E-state index < -0.39 is 8.07 Å². The minimum Gasteiger partial charge on any atom is -0.143 e. The van der Waals surface area contributed by atoms with E-state index in [0.717, 1.165) is 4.90 Å². The van der Waals surface area contributed by atoms with Crippen LogP contribution in [0.5, 0.6) is 0 Å². The first kappa shape index (κ1) is 16.9. The molecule has 0 unspecified atom stereocenters. The van der Waals surface area contributed by atoms with E-state index in [9.17, 15) is 0 Å². The summed E-state index contributed by atoms with van der Waals surface area (Å²) in [5, 5.41) is 5.55. The number of thiol groups is 1. The molecule has 0 saturated heterocycles. The predicted octanol–water partition coefficient (Wildman–Crippen LogP) is 3.35. The van der Waals surface area contributed by atoms with Gasteiger partial charge in [-0.25, -0.2) is 0 Å². The van der Waals surface area contributed by atoms with Gasteiger partial charge in [0.15, 0.2) is 8.07 Å². The summed E-state index contributed by atoms with van der Waals surface area (Å²) in [6.07, 6.45) is 0. The molecule has 0 atom stereocenters. The highest BCUT2D eigenvalue weighted by atomic mass is 32.1. The highest BCUT2D eigenvalue weighted by Crippen LogP contribution is 2.11. The molecule has 2 heteroatoms. The van der Waals surface area contributed by atoms with Crippen LogP contribution in [-0.2, 0) is 0 Å². The maximum atomic E-state index is 4.50. The van der Waals surface area contributed by atoms with E-state index in [-0.39, 0.29) is 0 Å². The second-order valence-electron chi connectivity index (χ2n) is 6.39. The Labute approximate surface area is 161 Å². The van der Waals surface area contributed by atoms with Crippen molar-refractivity contribution in [2.75, 3.05) is 0 Å². The fourth-order valence-corrected chi connectivity index (χ4v) is 8.67. The zero-order valence-electron chi connectivity index (χ0n) is 14.4. The molecule has 0 saturated carbocycles. The van der Waals surface area contributed by atoms with E-state index in [2.05, 4.69) is 128 Å². The summed E-state index contributed by atoms with van der Waals surface area (Å²) in [7, 11) is -2.36. The molecule has 26 heavy (non-hydrogen) atoms. The normalized spacial score (nSPS) is 11.3. The summed E-state index contributed by atoms with van der Waals surface area (Å²) in [6, 6.07) is 41.6. The quantitative estimate of drug-likeness (QED) is 0.319. The third-order valence-corrected chi connectivity index (χ3v) is 10.0. The summed E-state index contributed by atoms with van der Waals surface area (Å²) < 4.78 is 0. The molecule has 0 aliphatic rings. The predicted molar refractivity (Wildman–Crippen MR) is 117 cm³/mol. The third kappa shape index (κ3) is 2.92. The Kier molecular flexibility index (Phi) is 4.78. The van der Waals surface area contributed by atoms with Crippen LogP contribution in [0.25, 0.3) is 0 Å². The average Bonchev–Trinajstić information content (AvgIpc) is 2.72. The first-order valence-electron chi connectivity index (χ1n) is 8.78. The van der Waals surface area contributed by atoms with Crippen molar-refractivity contribution in [3.8, 4) is 0 Å². The van der Waals surface area contributed by atoms with Crippen LogP contribution in [0.3, 0.4) is 0 Å². The van der Waals surface area contributed by atoms with Gasteiger partial charge in [0.2, 0.25) is 0 Å². The number of rotatable bonds is 4. The van der Waals surface area contributed by atoms with Crippen molar-refractivity contribution in [1.82, 2.24) is 0 Å². The molecule has 0 radical (unpaired) electrons. The maximum Gasteiger partial charge on any atom is 0.179 e. The van der Waals surface area contributed by atoms with Crippen molar-refractivity contribution < 1.29 is 0 Å². The van der Waals surface area contributed by atoms with Crippen LogP contribution >= 0.6 is 12.6 Å². The van der Waals surface area contributed by atoms with Crippen molar-refractivity contribution in [2.24, 2.45) is 0 Å². The molecule has 0 amide bonds. The molecule has 0 aliphatic heterocycles. The van der Waals surface area contributed by atoms with Crippen LogP contribution in [0.2, 0.25) is 0 Å². The van der Waals surface area contributed by atoms with Crippen LogP contribution in [-0.4, -0.2) is 8.07 Å². The molecule has 0 aromatic heterocycles. The van der Waals surface area contributed by atoms with Gasteiger partial charge in [0.1, 0.15) is 0 Å². The fraction of sp³-hybridized carbons (Fsp3) is 0. The second-order valence-corrected chi connectivity index (χ2v) is 10.7. The SMILES string of the molecule is Sc1ccc([Si](c2ccccc2)(c2ccccc2)c2ccccc2)cc1. The second kappa shape index (κ2) is 7.36. The molecule has 0 heterocycles. The van der Waals surface area contributed by atoms with E-state index in [4.69, 9.17) is 0 Å². The smallest absolute Gasteiger partial charge is 0.143 e. The lowest BCUT2D eigenvalue weighted by Crippen LogP contribution is -2.74. The Morgan fingerprint density at radius 2 is 0.692 bits per heavy atom. The van der Waals surface area contributed by atoms with Crippen molar-refractivity contribution in [1.29, 1.82) is 0 Å². The molecule has 0 aliphatic carbocycles. The summed E-state index contributed by atoms with van der Waals surface area (Å²) >= 11 is 4.50. The van der Waals surface area contributed by atoms with Gasteiger partial charge >= 0.3 is 0 Å². The first-order chi connectivity index (χ1) is 12.8. The van der Waals surface area contributed by atoms with Gasteiger partial charge in [-0.3, -0.25) is 0 Å². The van der Waals surface area contributed by atoms with Gasteiger partial charge in [-0.15, -0.1) is 12.6 Å². The van der Waals surface area contributed by atoms with E-state index in [1.807, 2.05) is 0 Å². The summed E-state index contributed by atoms with van der Waals surface area (Å²) in [4.78, 5) is 0.992. The maximum absolute atomic E-state index is 4.50. The van der Waals surface area contributed by atoms with Crippen LogP contribution < -0.4 is 20.7 Å². The molecule has 0 nitrogen and oxygen atoms in total. The summed E-state index contributed by atoms with van der Waals surface area (Å²) in [6.45, 7) is 0. The third-order valence-electron chi connectivity index (χ3n) is 4.92. The van der Waals surface area contributed by atoms with Gasteiger partial charge in [0.25, 0.3) is 0 Å². The monoisotopic (exact) mass is 368 g/mol. The van der Waals surface area contributed by atoms with Gasteiger partial charge in [-0.05, 0) is 32.9 Å². The van der Waals surface area contributed by atoms with Crippen molar-refractivity contribution in [3.05, 3.63) is 115 Å². The van der Waals surface area contributed by atoms with Gasteiger partial charge in [-0.1, -0.05) is 103 Å². The molecule has 4 aromatic rings. The number of hydrogen-bond acceptors (Lipinski definition) is 1. The van der Waals surface area contributed by atoms with Gasteiger partial charge in [0, 0.05) is 4.90 Å². The van der Waals surface area contributed by atoms with Crippen molar-refractivity contribution in [3.63, 3.8) is 0 Å². The minimum absolute atomic E-state index is 0.992. The summed E-state index contributed by atoms with van der Waals surface area (Å²) in [5.41, 5.74) is 0. The number of hydrogen-bond donors (Lipinski definition) is 1. The average molecular weight is 369 g/mol. The van der Waals surface area contributed by atoms with Gasteiger partial charge in [0.05, 0.1) is 0 Å². The highest BCUT2D eigenvalue weighted by Gasteiger charge is 2.40. The van der Waals surface area contributed by atoms with Gasteiger partial charge in [-0.2, -0.15) is 0 Å². The molecule has 0 fully saturated rings. The standard InChI is InChI=1S/C24H20SSi/c25-20-16-18-24(19-17-20)26(21-10-4-1-5-11-21,22-12-6-2-7-13-22)23-14-8-3-9-15-23/h1-19,25H. The Bertz CT molecular complexity index is 868.